The van der Waals surface area contributed by atoms with Gasteiger partial charge in [-0.3, -0.25) is 0 Å². The van der Waals surface area contributed by atoms with E-state index in [4.69, 9.17) is 0 Å². The minimum Gasteiger partial charge on any atom is -0.353 e. The second-order valence-corrected chi connectivity index (χ2v) is 7.56. The number of H-pyrrole nitrogens is 1. The van der Waals surface area contributed by atoms with Crippen molar-refractivity contribution in [3.05, 3.63) is 84.7 Å². The topological polar surface area (TPSA) is 41.6 Å². The largest absolute Gasteiger partial charge is 0.419 e. The molecule has 0 spiro atoms. The molecular weight excluding hydrogens is 399 g/mol. The van der Waals surface area contributed by atoms with Gasteiger partial charge in [-0.25, -0.2) is 9.97 Å². The Bertz CT molecular complexity index is 1580. The number of hydrogen-bond donors (Lipinski definition) is 1. The molecule has 0 saturated heterocycles. The van der Waals surface area contributed by atoms with E-state index in [9.17, 15) is 13.2 Å². The minimum atomic E-state index is -4.54. The van der Waals surface area contributed by atoms with Crippen molar-refractivity contribution in [1.29, 1.82) is 0 Å². The molecule has 0 unspecified atom stereocenters. The second kappa shape index (κ2) is 6.28. The summed E-state index contributed by atoms with van der Waals surface area (Å²) in [6, 6.07) is 22.2. The van der Waals surface area contributed by atoms with Crippen molar-refractivity contribution in [1.82, 2.24) is 15.0 Å². The van der Waals surface area contributed by atoms with Gasteiger partial charge in [0.25, 0.3) is 0 Å². The molecule has 0 aliphatic rings. The molecule has 3 nitrogen and oxygen atoms in total. The second-order valence-electron chi connectivity index (χ2n) is 7.56. The summed E-state index contributed by atoms with van der Waals surface area (Å²) in [4.78, 5) is 11.7. The van der Waals surface area contributed by atoms with Gasteiger partial charge in [0.2, 0.25) is 0 Å². The molecule has 0 fully saturated rings. The molecule has 150 valence electrons. The van der Waals surface area contributed by atoms with Gasteiger partial charge in [0.05, 0.1) is 22.5 Å². The lowest BCUT2D eigenvalue weighted by Gasteiger charge is -2.14. The fraction of sp³-hybridized carbons (Fsp3) is 0.0400. The third-order valence-corrected chi connectivity index (χ3v) is 5.68. The number of nitrogens with one attached hydrogen (secondary N) is 1. The molecule has 0 aliphatic heterocycles. The van der Waals surface area contributed by atoms with E-state index in [-0.39, 0.29) is 10.9 Å². The highest BCUT2D eigenvalue weighted by atomic mass is 19.4. The first kappa shape index (κ1) is 17.9. The summed E-state index contributed by atoms with van der Waals surface area (Å²) in [5.41, 5.74) is 1.17. The maximum Gasteiger partial charge on any atom is 0.419 e. The predicted molar refractivity (Wildman–Crippen MR) is 117 cm³/mol. The van der Waals surface area contributed by atoms with Crippen LogP contribution in [-0.4, -0.2) is 15.0 Å². The highest BCUT2D eigenvalue weighted by Crippen LogP contribution is 2.41. The van der Waals surface area contributed by atoms with Crippen LogP contribution in [0.2, 0.25) is 0 Å². The molecule has 0 saturated carbocycles. The van der Waals surface area contributed by atoms with Gasteiger partial charge >= 0.3 is 6.18 Å². The zero-order chi connectivity index (χ0) is 21.2. The van der Waals surface area contributed by atoms with Crippen LogP contribution in [0.15, 0.2) is 79.1 Å². The number of fused-ring (bicyclic) bond motifs is 4. The van der Waals surface area contributed by atoms with Crippen LogP contribution in [-0.2, 0) is 6.18 Å². The lowest BCUT2D eigenvalue weighted by atomic mass is 9.98. The van der Waals surface area contributed by atoms with Gasteiger partial charge in [-0.1, -0.05) is 48.5 Å². The van der Waals surface area contributed by atoms with E-state index in [2.05, 4.69) is 21.0 Å². The van der Waals surface area contributed by atoms with Crippen LogP contribution in [0.3, 0.4) is 0 Å². The highest BCUT2D eigenvalue weighted by molar-refractivity contribution is 6.07. The van der Waals surface area contributed by atoms with Crippen molar-refractivity contribution in [2.24, 2.45) is 0 Å². The van der Waals surface area contributed by atoms with Crippen LogP contribution in [0.5, 0.6) is 0 Å². The fourth-order valence-electron chi connectivity index (χ4n) is 4.32. The Morgan fingerprint density at radius 3 is 2.16 bits per heavy atom. The Labute approximate surface area is 174 Å². The molecule has 0 amide bonds. The number of hydrogen-bond acceptors (Lipinski definition) is 2. The molecule has 0 aliphatic carbocycles. The van der Waals surface area contributed by atoms with Gasteiger partial charge in [-0.2, -0.15) is 13.2 Å². The summed E-state index contributed by atoms with van der Waals surface area (Å²) >= 11 is 0. The average Bonchev–Trinajstić information content (AvgIpc) is 3.17. The van der Waals surface area contributed by atoms with Crippen LogP contribution in [0.4, 0.5) is 13.2 Å². The first-order chi connectivity index (χ1) is 15.0. The average molecular weight is 413 g/mol. The minimum absolute atomic E-state index is 0.0972. The zero-order valence-electron chi connectivity index (χ0n) is 16.0. The maximum atomic E-state index is 14.0. The van der Waals surface area contributed by atoms with E-state index in [0.29, 0.717) is 22.2 Å². The molecule has 0 radical (unpaired) electrons. The summed E-state index contributed by atoms with van der Waals surface area (Å²) in [5, 5.41) is 4.15. The summed E-state index contributed by atoms with van der Waals surface area (Å²) in [7, 11) is 0. The molecule has 6 heteroatoms. The molecule has 0 atom stereocenters. The van der Waals surface area contributed by atoms with Crippen LogP contribution in [0.1, 0.15) is 5.56 Å². The van der Waals surface area contributed by atoms with Gasteiger partial charge in [0, 0.05) is 16.3 Å². The molecular formula is C25H14F3N3. The molecule has 0 bridgehead atoms. The Morgan fingerprint density at radius 1 is 0.677 bits per heavy atom. The number of benzene rings is 4. The molecule has 1 N–H and O–H groups in total. The van der Waals surface area contributed by atoms with Gasteiger partial charge in [0.15, 0.2) is 0 Å². The predicted octanol–water partition coefficient (Wildman–Crippen LogP) is 7.10. The first-order valence-electron chi connectivity index (χ1n) is 9.74. The third kappa shape index (κ3) is 2.75. The quantitative estimate of drug-likeness (QED) is 0.292. The molecule has 6 aromatic rings. The van der Waals surface area contributed by atoms with Crippen molar-refractivity contribution in [3.63, 3.8) is 0 Å². The summed E-state index contributed by atoms with van der Waals surface area (Å²) in [6.45, 7) is 0. The van der Waals surface area contributed by atoms with E-state index >= 15 is 0 Å². The van der Waals surface area contributed by atoms with Gasteiger partial charge in [-0.15, -0.1) is 0 Å². The highest BCUT2D eigenvalue weighted by Gasteiger charge is 2.36. The van der Waals surface area contributed by atoms with Crippen LogP contribution < -0.4 is 0 Å². The van der Waals surface area contributed by atoms with Crippen molar-refractivity contribution < 1.29 is 13.2 Å². The lowest BCUT2D eigenvalue weighted by molar-refractivity contribution is -0.135. The summed E-state index contributed by atoms with van der Waals surface area (Å²) in [5.74, 6) is 0. The fourth-order valence-corrected chi connectivity index (χ4v) is 4.32. The van der Waals surface area contributed by atoms with E-state index in [1.54, 1.807) is 24.3 Å². The number of rotatable bonds is 1. The Morgan fingerprint density at radius 2 is 1.39 bits per heavy atom. The number of alkyl halides is 3. The standard InChI is InChI=1S/C25H14F3N3/c26-25(27,28)22-18-8-4-3-7-16(18)10-19-23(29-13-30-24(19)22)21-12-17-9-14-5-1-2-6-15(14)11-20(17)31-21/h1-13,31H. The smallest absolute Gasteiger partial charge is 0.353 e. The molecule has 31 heavy (non-hydrogen) atoms. The van der Waals surface area contributed by atoms with Crippen molar-refractivity contribution in [2.75, 3.05) is 0 Å². The molecule has 6 rings (SSSR count). The number of halogens is 3. The van der Waals surface area contributed by atoms with E-state index in [0.717, 1.165) is 21.7 Å². The SMILES string of the molecule is FC(F)(F)c1c2ccccc2cc2c(-c3cc4cc5ccccc5cc4[nH]3)ncnc12. The molecule has 2 aromatic heterocycles. The van der Waals surface area contributed by atoms with Gasteiger partial charge in [0.1, 0.15) is 6.33 Å². The van der Waals surface area contributed by atoms with E-state index in [1.807, 2.05) is 36.4 Å². The van der Waals surface area contributed by atoms with Crippen molar-refractivity contribution in [3.8, 4) is 11.4 Å². The van der Waals surface area contributed by atoms with E-state index in [1.165, 1.54) is 12.4 Å². The maximum absolute atomic E-state index is 14.0. The Kier molecular flexibility index (Phi) is 3.63. The molecule has 2 heterocycles. The monoisotopic (exact) mass is 413 g/mol. The van der Waals surface area contributed by atoms with E-state index < -0.39 is 11.7 Å². The number of aromatic nitrogens is 3. The Balaban J connectivity index is 1.68. The number of aromatic amines is 1. The number of nitrogens with zero attached hydrogens (tertiary/aromatic N) is 2. The summed E-state index contributed by atoms with van der Waals surface area (Å²) in [6.07, 6.45) is -3.34. The Hall–Kier alpha value is -3.93. The first-order valence-corrected chi connectivity index (χ1v) is 9.74. The van der Waals surface area contributed by atoms with Crippen molar-refractivity contribution >= 4 is 43.4 Å². The zero-order valence-corrected chi connectivity index (χ0v) is 16.0. The van der Waals surface area contributed by atoms with Gasteiger partial charge in [-0.05, 0) is 45.8 Å². The van der Waals surface area contributed by atoms with Crippen LogP contribution >= 0.6 is 0 Å². The van der Waals surface area contributed by atoms with Crippen LogP contribution in [0, 0.1) is 0 Å². The van der Waals surface area contributed by atoms with Gasteiger partial charge < -0.3 is 4.98 Å². The van der Waals surface area contributed by atoms with Crippen molar-refractivity contribution in [2.45, 2.75) is 6.18 Å². The third-order valence-electron chi connectivity index (χ3n) is 5.68. The lowest BCUT2D eigenvalue weighted by Crippen LogP contribution is -2.08. The summed E-state index contributed by atoms with van der Waals surface area (Å²) < 4.78 is 42.1. The molecule has 4 aromatic carbocycles. The van der Waals surface area contributed by atoms with Crippen LogP contribution in [0.25, 0.3) is 54.7 Å². The normalized spacial score (nSPS) is 12.4.